The molecule has 0 aliphatic rings. The number of halogens is 3. The summed E-state index contributed by atoms with van der Waals surface area (Å²) in [7, 11) is -3.86. The number of hydrogen-bond acceptors (Lipinski definition) is 4. The quantitative estimate of drug-likeness (QED) is 0.580. The average molecular weight is 298 g/mol. The fourth-order valence-electron chi connectivity index (χ4n) is 1.19. The van der Waals surface area contributed by atoms with E-state index in [1.807, 2.05) is 0 Å². The first-order chi connectivity index (χ1) is 8.83. The van der Waals surface area contributed by atoms with Crippen LogP contribution in [0.5, 0.6) is 0 Å². The van der Waals surface area contributed by atoms with E-state index in [-0.39, 0.29) is 23.7 Å². The summed E-state index contributed by atoms with van der Waals surface area (Å²) in [4.78, 5) is -0.208. The van der Waals surface area contributed by atoms with Crippen LogP contribution in [0.25, 0.3) is 0 Å². The first-order valence-corrected chi connectivity index (χ1v) is 6.72. The summed E-state index contributed by atoms with van der Waals surface area (Å²) >= 11 is 0. The summed E-state index contributed by atoms with van der Waals surface area (Å²) in [6.07, 6.45) is -2.60. The highest BCUT2D eigenvalue weighted by Crippen LogP contribution is 2.16. The van der Waals surface area contributed by atoms with Gasteiger partial charge in [-0.1, -0.05) is 0 Å². The lowest BCUT2D eigenvalue weighted by atomic mass is 10.3. The Labute approximate surface area is 108 Å². The molecule has 0 aliphatic carbocycles. The van der Waals surface area contributed by atoms with Crippen molar-refractivity contribution in [2.24, 2.45) is 0 Å². The van der Waals surface area contributed by atoms with Gasteiger partial charge >= 0.3 is 0 Å². The first-order valence-electron chi connectivity index (χ1n) is 5.23. The molecule has 0 unspecified atom stereocenters. The van der Waals surface area contributed by atoms with Gasteiger partial charge in [0.2, 0.25) is 10.0 Å². The van der Waals surface area contributed by atoms with Gasteiger partial charge < -0.3 is 10.5 Å². The zero-order valence-electron chi connectivity index (χ0n) is 9.77. The maximum Gasteiger partial charge on any atom is 0.261 e. The van der Waals surface area contributed by atoms with Gasteiger partial charge in [-0.05, 0) is 18.2 Å². The van der Waals surface area contributed by atoms with Crippen LogP contribution < -0.4 is 10.5 Å². The van der Waals surface area contributed by atoms with E-state index in [0.717, 1.165) is 18.2 Å². The molecule has 3 N–H and O–H groups in total. The normalized spacial score (nSPS) is 12.0. The van der Waals surface area contributed by atoms with Crippen molar-refractivity contribution < 1.29 is 26.3 Å². The molecule has 1 aromatic carbocycles. The predicted octanol–water partition coefficient (Wildman–Crippen LogP) is 0.968. The molecule has 19 heavy (non-hydrogen) atoms. The molecule has 0 amide bonds. The molecular weight excluding hydrogens is 285 g/mol. The SMILES string of the molecule is Nc1cc(S(=O)(=O)NCCOCC(F)F)ccc1F. The van der Waals surface area contributed by atoms with Crippen molar-refractivity contribution in [2.75, 3.05) is 25.5 Å². The van der Waals surface area contributed by atoms with Crippen LogP contribution in [0.4, 0.5) is 18.9 Å². The van der Waals surface area contributed by atoms with Gasteiger partial charge in [0.1, 0.15) is 12.4 Å². The third-order valence-corrected chi connectivity index (χ3v) is 3.52. The first kappa shape index (κ1) is 15.7. The minimum Gasteiger partial charge on any atom is -0.396 e. The molecule has 108 valence electrons. The van der Waals surface area contributed by atoms with Crippen molar-refractivity contribution in [1.29, 1.82) is 0 Å². The van der Waals surface area contributed by atoms with Crippen LogP contribution in [-0.2, 0) is 14.8 Å². The highest BCUT2D eigenvalue weighted by atomic mass is 32.2. The molecule has 0 atom stereocenters. The second-order valence-corrected chi connectivity index (χ2v) is 5.31. The molecule has 0 spiro atoms. The molecule has 1 rings (SSSR count). The number of sulfonamides is 1. The predicted molar refractivity (Wildman–Crippen MR) is 62.8 cm³/mol. The number of alkyl halides is 2. The van der Waals surface area contributed by atoms with Gasteiger partial charge in [0.05, 0.1) is 17.2 Å². The van der Waals surface area contributed by atoms with Crippen molar-refractivity contribution in [3.05, 3.63) is 24.0 Å². The number of rotatable bonds is 7. The number of nitrogen functional groups attached to an aromatic ring is 1. The van der Waals surface area contributed by atoms with Crippen molar-refractivity contribution in [1.82, 2.24) is 4.72 Å². The van der Waals surface area contributed by atoms with E-state index < -0.39 is 28.9 Å². The van der Waals surface area contributed by atoms with Gasteiger partial charge in [-0.15, -0.1) is 0 Å². The summed E-state index contributed by atoms with van der Waals surface area (Å²) in [5.74, 6) is -0.723. The molecule has 0 fully saturated rings. The van der Waals surface area contributed by atoms with Crippen LogP contribution >= 0.6 is 0 Å². The summed E-state index contributed by atoms with van der Waals surface area (Å²) in [6.45, 7) is -1.13. The Bertz CT molecular complexity index is 523. The fourth-order valence-corrected chi connectivity index (χ4v) is 2.24. The zero-order valence-corrected chi connectivity index (χ0v) is 10.6. The molecule has 0 heterocycles. The van der Waals surface area contributed by atoms with Crippen LogP contribution in [0, 0.1) is 5.82 Å². The molecular formula is C10H13F3N2O3S. The molecule has 9 heteroatoms. The molecule has 0 aromatic heterocycles. The van der Waals surface area contributed by atoms with Crippen molar-refractivity contribution in [3.63, 3.8) is 0 Å². The third kappa shape index (κ3) is 5.05. The lowest BCUT2D eigenvalue weighted by molar-refractivity contribution is 0.0199. The number of ether oxygens (including phenoxy) is 1. The lowest BCUT2D eigenvalue weighted by Crippen LogP contribution is -2.28. The van der Waals surface area contributed by atoms with E-state index in [0.29, 0.717) is 0 Å². The van der Waals surface area contributed by atoms with E-state index in [1.54, 1.807) is 0 Å². The van der Waals surface area contributed by atoms with Crippen molar-refractivity contribution in [3.8, 4) is 0 Å². The maximum atomic E-state index is 12.9. The Morgan fingerprint density at radius 2 is 2.05 bits per heavy atom. The molecule has 0 radical (unpaired) electrons. The van der Waals surface area contributed by atoms with Crippen LogP contribution in [-0.4, -0.2) is 34.6 Å². The van der Waals surface area contributed by atoms with E-state index in [1.165, 1.54) is 0 Å². The molecule has 0 saturated carbocycles. The monoisotopic (exact) mass is 298 g/mol. The topological polar surface area (TPSA) is 81.4 Å². The number of nitrogens with one attached hydrogen (secondary N) is 1. The number of anilines is 1. The number of benzene rings is 1. The molecule has 0 aliphatic heterocycles. The van der Waals surface area contributed by atoms with E-state index >= 15 is 0 Å². The number of nitrogens with two attached hydrogens (primary N) is 1. The average Bonchev–Trinajstić information content (AvgIpc) is 2.31. The summed E-state index contributed by atoms with van der Waals surface area (Å²) in [5.41, 5.74) is 4.96. The molecule has 0 saturated heterocycles. The fraction of sp³-hybridized carbons (Fsp3) is 0.400. The van der Waals surface area contributed by atoms with Gasteiger partial charge in [0.15, 0.2) is 0 Å². The Hall–Kier alpha value is -1.32. The molecule has 5 nitrogen and oxygen atoms in total. The van der Waals surface area contributed by atoms with Gasteiger partial charge in [-0.2, -0.15) is 0 Å². The summed E-state index contributed by atoms with van der Waals surface area (Å²) in [5, 5.41) is 0. The Morgan fingerprint density at radius 1 is 1.37 bits per heavy atom. The minimum absolute atomic E-state index is 0.174. The highest BCUT2D eigenvalue weighted by Gasteiger charge is 2.15. The van der Waals surface area contributed by atoms with Crippen LogP contribution in [0.3, 0.4) is 0 Å². The minimum atomic E-state index is -3.86. The maximum absolute atomic E-state index is 12.9. The lowest BCUT2D eigenvalue weighted by Gasteiger charge is -2.08. The van der Waals surface area contributed by atoms with Gasteiger partial charge in [-0.3, -0.25) is 0 Å². The second kappa shape index (κ2) is 6.73. The molecule has 0 bridgehead atoms. The zero-order chi connectivity index (χ0) is 14.5. The third-order valence-electron chi connectivity index (χ3n) is 2.06. The van der Waals surface area contributed by atoms with E-state index in [2.05, 4.69) is 9.46 Å². The standard InChI is InChI=1S/C10H13F3N2O3S/c11-8-2-1-7(5-9(8)14)19(16,17)15-3-4-18-6-10(12)13/h1-2,5,10,15H,3-4,6,14H2. The van der Waals surface area contributed by atoms with Crippen LogP contribution in [0.1, 0.15) is 0 Å². The van der Waals surface area contributed by atoms with Crippen LogP contribution in [0.2, 0.25) is 0 Å². The number of hydrogen-bond donors (Lipinski definition) is 2. The largest absolute Gasteiger partial charge is 0.396 e. The Balaban J connectivity index is 2.54. The van der Waals surface area contributed by atoms with Crippen molar-refractivity contribution in [2.45, 2.75) is 11.3 Å². The van der Waals surface area contributed by atoms with Crippen molar-refractivity contribution >= 4 is 15.7 Å². The smallest absolute Gasteiger partial charge is 0.261 e. The van der Waals surface area contributed by atoms with Gasteiger partial charge in [0, 0.05) is 6.54 Å². The highest BCUT2D eigenvalue weighted by molar-refractivity contribution is 7.89. The van der Waals surface area contributed by atoms with Crippen LogP contribution in [0.15, 0.2) is 23.1 Å². The van der Waals surface area contributed by atoms with Gasteiger partial charge in [0.25, 0.3) is 6.43 Å². The molecule has 1 aromatic rings. The summed E-state index contributed by atoms with van der Waals surface area (Å²) in [6, 6.07) is 2.95. The van der Waals surface area contributed by atoms with Gasteiger partial charge in [-0.25, -0.2) is 26.3 Å². The summed E-state index contributed by atoms with van der Waals surface area (Å²) < 4.78 is 66.4. The van der Waals surface area contributed by atoms with E-state index in [4.69, 9.17) is 5.73 Å². The second-order valence-electron chi connectivity index (χ2n) is 3.55. The van der Waals surface area contributed by atoms with E-state index in [9.17, 15) is 21.6 Å². The Kier molecular flexibility index (Phi) is 5.58. The Morgan fingerprint density at radius 3 is 2.63 bits per heavy atom.